The van der Waals surface area contributed by atoms with Gasteiger partial charge in [0.1, 0.15) is 14.3 Å². The van der Waals surface area contributed by atoms with Crippen LogP contribution in [0, 0.1) is 5.92 Å². The maximum absolute atomic E-state index is 13.9. The molecule has 0 saturated carbocycles. The molecule has 278 valence electrons. The van der Waals surface area contributed by atoms with E-state index in [4.69, 9.17) is 0 Å². The van der Waals surface area contributed by atoms with Gasteiger partial charge >= 0.3 is 0 Å². The molecule has 1 unspecified atom stereocenters. The highest BCUT2D eigenvalue weighted by molar-refractivity contribution is 7.64. The zero-order chi connectivity index (χ0) is 34.0. The third-order valence-electron chi connectivity index (χ3n) is 10.0. The molecule has 0 aliphatic carbocycles. The smallest absolute Gasteiger partial charge is 0.101 e. The molecular formula is C40H86N2O2P2. The van der Waals surface area contributed by atoms with Gasteiger partial charge in [-0.15, -0.1) is 0 Å². The normalized spacial score (nSPS) is 13.1. The summed E-state index contributed by atoms with van der Waals surface area (Å²) < 4.78 is 27.9. The number of hydrogen-bond donors (Lipinski definition) is 2. The van der Waals surface area contributed by atoms with Crippen LogP contribution in [0.1, 0.15) is 202 Å². The zero-order valence-corrected chi connectivity index (χ0v) is 34.1. The van der Waals surface area contributed by atoms with Crippen LogP contribution >= 0.6 is 14.3 Å². The lowest BCUT2D eigenvalue weighted by Gasteiger charge is -2.21. The molecule has 2 N–H and O–H groups in total. The highest BCUT2D eigenvalue weighted by Gasteiger charge is 2.22. The van der Waals surface area contributed by atoms with Gasteiger partial charge in [-0.3, -0.25) is 0 Å². The van der Waals surface area contributed by atoms with Crippen LogP contribution in [-0.2, 0) is 9.13 Å². The van der Waals surface area contributed by atoms with E-state index in [1.165, 1.54) is 128 Å². The molecule has 0 saturated heterocycles. The number of nitrogens with one attached hydrogen (secondary N) is 2. The lowest BCUT2D eigenvalue weighted by atomic mass is 10.1. The Morgan fingerprint density at radius 3 is 1.07 bits per heavy atom. The van der Waals surface area contributed by atoms with Gasteiger partial charge in [0.2, 0.25) is 0 Å². The van der Waals surface area contributed by atoms with Crippen LogP contribution in [0.25, 0.3) is 0 Å². The Bertz CT molecular complexity index is 677. The Morgan fingerprint density at radius 1 is 0.413 bits per heavy atom. The SMILES string of the molecule is CCCCCCCCP(=O)(CCCCCCCC)CNCCCC(C)CNCP(=O)(CCCCCCCC)CCCCCCCC. The van der Waals surface area contributed by atoms with Crippen molar-refractivity contribution in [1.82, 2.24) is 10.6 Å². The zero-order valence-electron chi connectivity index (χ0n) is 32.3. The van der Waals surface area contributed by atoms with Gasteiger partial charge in [0.25, 0.3) is 0 Å². The van der Waals surface area contributed by atoms with Crippen LogP contribution in [-0.4, -0.2) is 50.3 Å². The summed E-state index contributed by atoms with van der Waals surface area (Å²) >= 11 is 0. The molecule has 6 heteroatoms. The molecule has 0 aromatic rings. The largest absolute Gasteiger partial charge is 0.322 e. The van der Waals surface area contributed by atoms with Crippen LogP contribution in [0.4, 0.5) is 0 Å². The number of unbranched alkanes of at least 4 members (excludes halogenated alkanes) is 20. The molecule has 46 heavy (non-hydrogen) atoms. The van der Waals surface area contributed by atoms with Gasteiger partial charge in [0, 0.05) is 37.2 Å². The Kier molecular flexibility index (Phi) is 34.1. The van der Waals surface area contributed by atoms with Gasteiger partial charge in [0.15, 0.2) is 0 Å². The molecule has 0 amide bonds. The summed E-state index contributed by atoms with van der Waals surface area (Å²) in [7, 11) is -4.25. The first-order valence-electron chi connectivity index (χ1n) is 20.9. The molecule has 4 nitrogen and oxygen atoms in total. The second kappa shape index (κ2) is 33.9. The van der Waals surface area contributed by atoms with E-state index in [1.807, 2.05) is 0 Å². The number of hydrogen-bond acceptors (Lipinski definition) is 4. The maximum atomic E-state index is 13.9. The molecule has 0 bridgehead atoms. The van der Waals surface area contributed by atoms with Crippen molar-refractivity contribution in [3.63, 3.8) is 0 Å². The fourth-order valence-electron chi connectivity index (χ4n) is 6.74. The fraction of sp³-hybridized carbons (Fsp3) is 1.00. The van der Waals surface area contributed by atoms with E-state index in [-0.39, 0.29) is 0 Å². The van der Waals surface area contributed by atoms with Gasteiger partial charge in [-0.2, -0.15) is 0 Å². The average molecular weight is 689 g/mol. The van der Waals surface area contributed by atoms with E-state index in [9.17, 15) is 9.13 Å². The molecule has 0 heterocycles. The highest BCUT2D eigenvalue weighted by atomic mass is 31.2. The molecule has 0 aromatic heterocycles. The van der Waals surface area contributed by atoms with Crippen molar-refractivity contribution in [2.45, 2.75) is 202 Å². The van der Waals surface area contributed by atoms with E-state index in [2.05, 4.69) is 45.3 Å². The van der Waals surface area contributed by atoms with Gasteiger partial charge in [0.05, 0.1) is 0 Å². The molecule has 0 aliphatic rings. The lowest BCUT2D eigenvalue weighted by molar-refractivity contribution is 0.470. The summed E-state index contributed by atoms with van der Waals surface area (Å²) in [4.78, 5) is 0. The van der Waals surface area contributed by atoms with E-state index in [0.717, 1.165) is 88.8 Å². The quantitative estimate of drug-likeness (QED) is 0.0501. The molecule has 0 aliphatic heterocycles. The summed E-state index contributed by atoms with van der Waals surface area (Å²) in [6.45, 7) is 13.3. The van der Waals surface area contributed by atoms with E-state index < -0.39 is 14.3 Å². The van der Waals surface area contributed by atoms with Gasteiger partial charge < -0.3 is 19.8 Å². The molecule has 1 atom stereocenters. The van der Waals surface area contributed by atoms with Crippen molar-refractivity contribution < 1.29 is 9.13 Å². The second-order valence-corrected chi connectivity index (χ2v) is 21.8. The van der Waals surface area contributed by atoms with Crippen LogP contribution in [0.5, 0.6) is 0 Å². The minimum absolute atomic E-state index is 0.580. The standard InChI is InChI=1S/C40H86N2O2P2/c1-6-10-14-18-22-26-33-45(43,34-27-23-19-15-11-7-2)38-41-32-30-31-40(5)37-42-39-46(44,35-28-24-20-16-12-8-3)36-29-25-21-17-13-9-4/h40-42H,6-39H2,1-5H3. The maximum Gasteiger partial charge on any atom is 0.101 e. The summed E-state index contributed by atoms with van der Waals surface area (Å²) in [5, 5.41) is 7.31. The Balaban J connectivity index is 4.50. The molecule has 0 spiro atoms. The van der Waals surface area contributed by atoms with Crippen LogP contribution in [0.3, 0.4) is 0 Å². The summed E-state index contributed by atoms with van der Waals surface area (Å²) in [5.74, 6) is 0.580. The molecule has 0 aromatic carbocycles. The van der Waals surface area contributed by atoms with Crippen molar-refractivity contribution >= 4 is 14.3 Å². The molecule has 0 rings (SSSR count). The van der Waals surface area contributed by atoms with E-state index in [1.54, 1.807) is 0 Å². The minimum atomic E-state index is -2.13. The Hall–Kier alpha value is 0.380. The van der Waals surface area contributed by atoms with Crippen molar-refractivity contribution in [3.05, 3.63) is 0 Å². The predicted octanol–water partition coefficient (Wildman–Crippen LogP) is 13.7. The van der Waals surface area contributed by atoms with Gasteiger partial charge in [-0.1, -0.05) is 163 Å². The van der Waals surface area contributed by atoms with Crippen LogP contribution in [0.15, 0.2) is 0 Å². The minimum Gasteiger partial charge on any atom is -0.322 e. The van der Waals surface area contributed by atoms with Crippen LogP contribution in [0.2, 0.25) is 0 Å². The Labute approximate surface area is 291 Å². The van der Waals surface area contributed by atoms with Gasteiger partial charge in [-0.05, 0) is 57.5 Å². The van der Waals surface area contributed by atoms with Gasteiger partial charge in [-0.25, -0.2) is 0 Å². The highest BCUT2D eigenvalue weighted by Crippen LogP contribution is 2.47. The first kappa shape index (κ1) is 46.4. The summed E-state index contributed by atoms with van der Waals surface area (Å²) in [6, 6.07) is 0. The molecule has 0 fully saturated rings. The summed E-state index contributed by atoms with van der Waals surface area (Å²) in [6.07, 6.45) is 38.1. The predicted molar refractivity (Wildman–Crippen MR) is 212 cm³/mol. The van der Waals surface area contributed by atoms with Crippen molar-refractivity contribution in [1.29, 1.82) is 0 Å². The third kappa shape index (κ3) is 30.4. The van der Waals surface area contributed by atoms with Crippen molar-refractivity contribution in [3.8, 4) is 0 Å². The first-order chi connectivity index (χ1) is 22.3. The monoisotopic (exact) mass is 689 g/mol. The molecular weight excluding hydrogens is 602 g/mol. The third-order valence-corrected chi connectivity index (χ3v) is 16.1. The van der Waals surface area contributed by atoms with Crippen molar-refractivity contribution in [2.75, 3.05) is 50.3 Å². The fourth-order valence-corrected chi connectivity index (χ4v) is 12.1. The lowest BCUT2D eigenvalue weighted by Crippen LogP contribution is -2.25. The summed E-state index contributed by atoms with van der Waals surface area (Å²) in [5.41, 5.74) is 0. The van der Waals surface area contributed by atoms with Crippen LogP contribution < -0.4 is 10.6 Å². The Morgan fingerprint density at radius 2 is 0.717 bits per heavy atom. The van der Waals surface area contributed by atoms with E-state index in [0.29, 0.717) is 5.92 Å². The topological polar surface area (TPSA) is 58.2 Å². The second-order valence-electron chi connectivity index (χ2n) is 15.1. The number of rotatable bonds is 38. The molecule has 0 radical (unpaired) electrons. The van der Waals surface area contributed by atoms with Crippen molar-refractivity contribution in [2.24, 2.45) is 5.92 Å². The van der Waals surface area contributed by atoms with E-state index >= 15 is 0 Å². The first-order valence-corrected chi connectivity index (χ1v) is 25.4. The average Bonchev–Trinajstić information content (AvgIpc) is 3.04.